The number of nitrogens with zero attached hydrogens (tertiary/aromatic N) is 2. The van der Waals surface area contributed by atoms with Crippen molar-refractivity contribution in [1.29, 1.82) is 0 Å². The molecule has 1 unspecified atom stereocenters. The smallest absolute Gasteiger partial charge is 0.223 e. The van der Waals surface area contributed by atoms with Crippen LogP contribution in [-0.2, 0) is 11.3 Å². The van der Waals surface area contributed by atoms with Gasteiger partial charge in [-0.1, -0.05) is 6.92 Å². The molecular formula is C12H21N5O. The molecule has 100 valence electrons. The molecular weight excluding hydrogens is 230 g/mol. The molecule has 0 bridgehead atoms. The molecule has 1 rings (SSSR count). The Kier molecular flexibility index (Phi) is 5.54. The van der Waals surface area contributed by atoms with Crippen LogP contribution >= 0.6 is 0 Å². The molecule has 1 amide bonds. The number of carbonyl (C=O) groups excluding carboxylic acids is 1. The van der Waals surface area contributed by atoms with E-state index in [0.29, 0.717) is 12.4 Å². The third-order valence-electron chi connectivity index (χ3n) is 2.70. The van der Waals surface area contributed by atoms with Crippen LogP contribution in [-0.4, -0.2) is 36.4 Å². The van der Waals surface area contributed by atoms with Gasteiger partial charge in [0.1, 0.15) is 5.82 Å². The lowest BCUT2D eigenvalue weighted by molar-refractivity contribution is -0.124. The summed E-state index contributed by atoms with van der Waals surface area (Å²) in [6, 6.07) is 3.82. The summed E-state index contributed by atoms with van der Waals surface area (Å²) in [5.41, 5.74) is 3.62. The highest BCUT2D eigenvalue weighted by molar-refractivity contribution is 5.78. The van der Waals surface area contributed by atoms with E-state index in [1.54, 1.807) is 13.2 Å². The van der Waals surface area contributed by atoms with Crippen LogP contribution in [0.3, 0.4) is 0 Å². The largest absolute Gasteiger partial charge is 0.359 e. The minimum atomic E-state index is -0.0334. The average Bonchev–Trinajstić information content (AvgIpc) is 2.37. The van der Waals surface area contributed by atoms with Gasteiger partial charge in [-0.05, 0) is 24.7 Å². The van der Waals surface area contributed by atoms with Crippen molar-refractivity contribution in [3.05, 3.63) is 23.9 Å². The number of nitrogen functional groups attached to an aromatic ring is 1. The van der Waals surface area contributed by atoms with E-state index >= 15 is 0 Å². The molecule has 1 atom stereocenters. The Balaban J connectivity index is 2.53. The Morgan fingerprint density at radius 3 is 2.94 bits per heavy atom. The summed E-state index contributed by atoms with van der Waals surface area (Å²) in [6.45, 7) is 3.36. The second-order valence-corrected chi connectivity index (χ2v) is 4.41. The normalized spacial score (nSPS) is 12.3. The first kappa shape index (κ1) is 14.4. The molecule has 0 fully saturated rings. The van der Waals surface area contributed by atoms with E-state index in [0.717, 1.165) is 12.1 Å². The zero-order chi connectivity index (χ0) is 13.5. The van der Waals surface area contributed by atoms with Crippen LogP contribution in [0.4, 0.5) is 5.82 Å². The number of pyridine rings is 1. The van der Waals surface area contributed by atoms with Gasteiger partial charge >= 0.3 is 0 Å². The van der Waals surface area contributed by atoms with Crippen molar-refractivity contribution in [3.63, 3.8) is 0 Å². The molecule has 1 heterocycles. The summed E-state index contributed by atoms with van der Waals surface area (Å²) in [6.07, 6.45) is 1.71. The summed E-state index contributed by atoms with van der Waals surface area (Å²) in [4.78, 5) is 17.6. The van der Waals surface area contributed by atoms with Gasteiger partial charge in [0, 0.05) is 32.3 Å². The molecule has 0 saturated carbocycles. The summed E-state index contributed by atoms with van der Waals surface area (Å²) in [5, 5.41) is 2.65. The van der Waals surface area contributed by atoms with E-state index in [2.05, 4.69) is 20.6 Å². The van der Waals surface area contributed by atoms with E-state index in [4.69, 9.17) is 5.84 Å². The molecule has 4 N–H and O–H groups in total. The lowest BCUT2D eigenvalue weighted by atomic mass is 10.1. The summed E-state index contributed by atoms with van der Waals surface area (Å²) >= 11 is 0. The zero-order valence-electron chi connectivity index (χ0n) is 11.1. The molecule has 6 nitrogen and oxygen atoms in total. The average molecular weight is 251 g/mol. The van der Waals surface area contributed by atoms with Gasteiger partial charge in [0.15, 0.2) is 0 Å². The monoisotopic (exact) mass is 251 g/mol. The number of hydrogen-bond donors (Lipinski definition) is 3. The highest BCUT2D eigenvalue weighted by Gasteiger charge is 2.13. The fraction of sp³-hybridized carbons (Fsp3) is 0.500. The summed E-state index contributed by atoms with van der Waals surface area (Å²) in [7, 11) is 3.64. The molecule has 0 radical (unpaired) electrons. The maximum atomic E-state index is 11.4. The Labute approximate surface area is 108 Å². The Morgan fingerprint density at radius 1 is 1.61 bits per heavy atom. The molecule has 0 spiro atoms. The van der Waals surface area contributed by atoms with Gasteiger partial charge in [0.05, 0.1) is 0 Å². The van der Waals surface area contributed by atoms with Gasteiger partial charge in [-0.2, -0.15) is 0 Å². The van der Waals surface area contributed by atoms with Crippen molar-refractivity contribution >= 4 is 11.7 Å². The Hall–Kier alpha value is -1.66. The SMILES string of the molecule is CNC(=O)C(C)CN(C)Cc1ccnc(NN)c1. The predicted molar refractivity (Wildman–Crippen MR) is 71.6 cm³/mol. The number of nitrogens with one attached hydrogen (secondary N) is 2. The maximum Gasteiger partial charge on any atom is 0.223 e. The second kappa shape index (κ2) is 6.93. The standard InChI is InChI=1S/C12H21N5O/c1-9(12(18)14-2)7-17(3)8-10-4-5-15-11(6-10)16-13/h4-6,9H,7-8,13H2,1-3H3,(H,14,18)(H,15,16). The van der Waals surface area contributed by atoms with E-state index in [1.807, 2.05) is 26.1 Å². The van der Waals surface area contributed by atoms with Gasteiger partial charge in [-0.25, -0.2) is 10.8 Å². The number of anilines is 1. The fourth-order valence-electron chi connectivity index (χ4n) is 1.82. The molecule has 0 aliphatic carbocycles. The molecule has 0 saturated heterocycles. The number of hydrazine groups is 1. The number of amides is 1. The summed E-state index contributed by atoms with van der Waals surface area (Å²) in [5.74, 6) is 5.97. The lowest BCUT2D eigenvalue weighted by Crippen LogP contribution is -2.34. The van der Waals surface area contributed by atoms with E-state index in [-0.39, 0.29) is 11.8 Å². The van der Waals surface area contributed by atoms with Crippen molar-refractivity contribution in [2.24, 2.45) is 11.8 Å². The third kappa shape index (κ3) is 4.31. The van der Waals surface area contributed by atoms with Crippen LogP contribution < -0.4 is 16.6 Å². The van der Waals surface area contributed by atoms with Crippen LogP contribution in [0.2, 0.25) is 0 Å². The van der Waals surface area contributed by atoms with E-state index < -0.39 is 0 Å². The van der Waals surface area contributed by atoms with Crippen LogP contribution in [0.25, 0.3) is 0 Å². The molecule has 6 heteroatoms. The van der Waals surface area contributed by atoms with Crippen LogP contribution in [0, 0.1) is 5.92 Å². The van der Waals surface area contributed by atoms with Crippen molar-refractivity contribution in [2.75, 3.05) is 26.1 Å². The minimum absolute atomic E-state index is 0.0334. The van der Waals surface area contributed by atoms with E-state index in [1.165, 1.54) is 0 Å². The molecule has 0 aliphatic heterocycles. The predicted octanol–water partition coefficient (Wildman–Crippen LogP) is 0.181. The van der Waals surface area contributed by atoms with E-state index in [9.17, 15) is 4.79 Å². The number of rotatable bonds is 6. The minimum Gasteiger partial charge on any atom is -0.359 e. The number of nitrogens with two attached hydrogens (primary N) is 1. The fourth-order valence-corrected chi connectivity index (χ4v) is 1.82. The highest BCUT2D eigenvalue weighted by atomic mass is 16.1. The maximum absolute atomic E-state index is 11.4. The Morgan fingerprint density at radius 2 is 2.33 bits per heavy atom. The topological polar surface area (TPSA) is 83.3 Å². The summed E-state index contributed by atoms with van der Waals surface area (Å²) < 4.78 is 0. The van der Waals surface area contributed by atoms with Crippen LogP contribution in [0.5, 0.6) is 0 Å². The molecule has 1 aromatic heterocycles. The quantitative estimate of drug-likeness (QED) is 0.496. The zero-order valence-corrected chi connectivity index (χ0v) is 11.1. The number of carbonyl (C=O) groups is 1. The van der Waals surface area contributed by atoms with Crippen LogP contribution in [0.15, 0.2) is 18.3 Å². The van der Waals surface area contributed by atoms with Crippen molar-refractivity contribution in [3.8, 4) is 0 Å². The molecule has 0 aromatic carbocycles. The van der Waals surface area contributed by atoms with Crippen LogP contribution in [0.1, 0.15) is 12.5 Å². The highest BCUT2D eigenvalue weighted by Crippen LogP contribution is 2.09. The first-order valence-electron chi connectivity index (χ1n) is 5.88. The van der Waals surface area contributed by atoms with Gasteiger partial charge < -0.3 is 15.6 Å². The first-order chi connectivity index (χ1) is 8.56. The lowest BCUT2D eigenvalue weighted by Gasteiger charge is -2.20. The Bertz CT molecular complexity index is 396. The van der Waals surface area contributed by atoms with Gasteiger partial charge in [-0.3, -0.25) is 4.79 Å². The molecule has 1 aromatic rings. The number of hydrogen-bond acceptors (Lipinski definition) is 5. The number of aromatic nitrogens is 1. The van der Waals surface area contributed by atoms with Crippen molar-refractivity contribution in [2.45, 2.75) is 13.5 Å². The van der Waals surface area contributed by atoms with Crippen molar-refractivity contribution < 1.29 is 4.79 Å². The molecule has 0 aliphatic rings. The van der Waals surface area contributed by atoms with Gasteiger partial charge in [0.25, 0.3) is 0 Å². The molecule has 18 heavy (non-hydrogen) atoms. The van der Waals surface area contributed by atoms with Gasteiger partial charge in [-0.15, -0.1) is 0 Å². The first-order valence-corrected chi connectivity index (χ1v) is 5.88. The van der Waals surface area contributed by atoms with Crippen molar-refractivity contribution in [1.82, 2.24) is 15.2 Å². The third-order valence-corrected chi connectivity index (χ3v) is 2.70. The van der Waals surface area contributed by atoms with Gasteiger partial charge in [0.2, 0.25) is 5.91 Å². The second-order valence-electron chi connectivity index (χ2n) is 4.41.